The van der Waals surface area contributed by atoms with Crippen molar-refractivity contribution in [3.05, 3.63) is 47.6 Å². The summed E-state index contributed by atoms with van der Waals surface area (Å²) >= 11 is 0. The molecule has 60 heavy (non-hydrogen) atoms. The van der Waals surface area contributed by atoms with Crippen LogP contribution in [0.25, 0.3) is 0 Å². The molecular weight excluding hydrogens is 753 g/mol. The fourth-order valence-corrected chi connectivity index (χ4v) is 13.4. The number of hydrogen-bond donors (Lipinski definition) is 4. The summed E-state index contributed by atoms with van der Waals surface area (Å²) in [4.78, 5) is 45.0. The molecule has 0 spiro atoms. The van der Waals surface area contributed by atoms with Gasteiger partial charge in [-0.2, -0.15) is 0 Å². The summed E-state index contributed by atoms with van der Waals surface area (Å²) in [7, 11) is 0. The number of hydrogen-bond acceptors (Lipinski definition) is 4. The summed E-state index contributed by atoms with van der Waals surface area (Å²) in [5.74, 6) is 2.12. The first-order valence-corrected chi connectivity index (χ1v) is 23.5. The number of fused-ring (bicyclic) bond motifs is 8. The lowest BCUT2D eigenvalue weighted by Crippen LogP contribution is -2.49. The molecule has 12 aliphatic rings. The summed E-state index contributed by atoms with van der Waals surface area (Å²) in [6.45, 7) is 26.2. The van der Waals surface area contributed by atoms with Gasteiger partial charge in [-0.25, -0.2) is 0 Å². The van der Waals surface area contributed by atoms with Crippen molar-refractivity contribution in [1.82, 2.24) is 0 Å². The molecule has 0 aromatic carbocycles. The number of aliphatic carboxylic acids is 4. The Kier molecular flexibility index (Phi) is 14.3. The summed E-state index contributed by atoms with van der Waals surface area (Å²) in [5.41, 5.74) is 2.86. The van der Waals surface area contributed by atoms with E-state index in [1.165, 1.54) is 17.6 Å². The molecule has 8 bridgehead atoms. The van der Waals surface area contributed by atoms with E-state index >= 15 is 0 Å². The Balaban J connectivity index is 0.000000152. The van der Waals surface area contributed by atoms with Gasteiger partial charge in [0.25, 0.3) is 0 Å². The predicted octanol–water partition coefficient (Wildman–Crippen LogP) is 12.1. The molecule has 0 radical (unpaired) electrons. The fourth-order valence-electron chi connectivity index (χ4n) is 13.4. The van der Waals surface area contributed by atoms with Crippen LogP contribution in [0.5, 0.6) is 0 Å². The molecule has 0 aliphatic heterocycles. The van der Waals surface area contributed by atoms with Crippen molar-refractivity contribution in [2.75, 3.05) is 0 Å². The Morgan fingerprint density at radius 1 is 0.583 bits per heavy atom. The zero-order valence-electron chi connectivity index (χ0n) is 39.0. The maximum atomic E-state index is 11.4. The summed E-state index contributed by atoms with van der Waals surface area (Å²) in [5, 5.41) is 37.0. The van der Waals surface area contributed by atoms with Gasteiger partial charge in [-0.15, -0.1) is 0 Å². The van der Waals surface area contributed by atoms with E-state index in [0.717, 1.165) is 57.8 Å². The number of carbonyl (C=O) groups is 4. The van der Waals surface area contributed by atoms with Crippen LogP contribution in [0.3, 0.4) is 0 Å². The summed E-state index contributed by atoms with van der Waals surface area (Å²) in [6, 6.07) is 0. The lowest BCUT2D eigenvalue weighted by atomic mass is 9.50. The molecule has 4 fully saturated rings. The van der Waals surface area contributed by atoms with Crippen molar-refractivity contribution < 1.29 is 39.6 Å². The van der Waals surface area contributed by atoms with Crippen LogP contribution in [0.2, 0.25) is 0 Å². The van der Waals surface area contributed by atoms with Crippen LogP contribution in [0, 0.1) is 105 Å². The van der Waals surface area contributed by atoms with Crippen LogP contribution in [0.4, 0.5) is 0 Å². The molecule has 0 heterocycles. The molecule has 0 aromatic heterocycles. The van der Waals surface area contributed by atoms with Crippen molar-refractivity contribution in [3.8, 4) is 0 Å². The smallest absolute Gasteiger partial charge is 0.307 e. The predicted molar refractivity (Wildman–Crippen MR) is 238 cm³/mol. The van der Waals surface area contributed by atoms with Crippen molar-refractivity contribution in [2.45, 2.75) is 147 Å². The van der Waals surface area contributed by atoms with Crippen molar-refractivity contribution in [2.24, 2.45) is 105 Å². The molecule has 4 N–H and O–H groups in total. The van der Waals surface area contributed by atoms with Crippen LogP contribution < -0.4 is 0 Å². The zero-order chi connectivity index (χ0) is 44.9. The van der Waals surface area contributed by atoms with Gasteiger partial charge < -0.3 is 20.4 Å². The van der Waals surface area contributed by atoms with Crippen LogP contribution >= 0.6 is 0 Å². The van der Waals surface area contributed by atoms with Gasteiger partial charge in [0.2, 0.25) is 0 Å². The Morgan fingerprint density at radius 3 is 1.63 bits per heavy atom. The molecule has 8 heteroatoms. The highest BCUT2D eigenvalue weighted by Gasteiger charge is 2.54. The molecule has 14 atom stereocenters. The standard InChI is InChI=1S/4C13H20O2/c1-7(2)10-5-9-6-12(13(14)15)11(10)4-8(9)3;1-7(2)10-6-11-8(3)4-9(10)5-12(11)13(14)15;1-9(2)13-6-4-12(3,5-7-13)10(8-13)11(14)15;1-9(2)13-6-4-12(3,5-7-13)8-10(13)11(14)15/h2*4,7,9-12H,5-6H2,1-3H3,(H,14,15);2*4,6,9-10H,5,7-8H2,1-3H3,(H,14,15)/t9-,10?,11?,12?;9?,10?,11-,12?;2*10?,12-,13?/m1000/s1. The molecule has 0 amide bonds. The molecule has 0 aromatic rings. The average Bonchev–Trinajstić information content (AvgIpc) is 3.18. The second kappa shape index (κ2) is 17.9. The van der Waals surface area contributed by atoms with E-state index < -0.39 is 23.9 Å². The highest BCUT2D eigenvalue weighted by Crippen LogP contribution is 2.60. The second-order valence-electron chi connectivity index (χ2n) is 22.7. The third-order valence-corrected chi connectivity index (χ3v) is 18.0. The zero-order valence-corrected chi connectivity index (χ0v) is 39.0. The highest BCUT2D eigenvalue weighted by atomic mass is 16.4. The molecule has 10 unspecified atom stereocenters. The van der Waals surface area contributed by atoms with Crippen LogP contribution in [0.15, 0.2) is 47.6 Å². The lowest BCUT2D eigenvalue weighted by molar-refractivity contribution is -0.152. The van der Waals surface area contributed by atoms with E-state index in [9.17, 15) is 39.6 Å². The Labute approximate surface area is 361 Å². The van der Waals surface area contributed by atoms with Gasteiger partial charge >= 0.3 is 23.9 Å². The number of carboxylic acids is 4. The SMILES string of the molecule is CC(C)C12C=C[C@@](C)(CC1)C(C(=O)O)C2.CC(C)C12C=C[C@@](C)(CC1)CC2C(=O)O.CC1=CC2C(C(=O)O)C[C@H]1CC2C(C)C.CC1=CC2CC(C(=O)O)[C@H]1CC2C(C)C. The minimum absolute atomic E-state index is 0.0798. The van der Waals surface area contributed by atoms with Gasteiger partial charge in [0.15, 0.2) is 0 Å². The first kappa shape index (κ1) is 47.9. The summed E-state index contributed by atoms with van der Waals surface area (Å²) < 4.78 is 0. The van der Waals surface area contributed by atoms with Gasteiger partial charge in [0.1, 0.15) is 0 Å². The quantitative estimate of drug-likeness (QED) is 0.177. The van der Waals surface area contributed by atoms with Crippen molar-refractivity contribution >= 4 is 23.9 Å². The van der Waals surface area contributed by atoms with Crippen molar-refractivity contribution in [1.29, 1.82) is 0 Å². The van der Waals surface area contributed by atoms with Crippen molar-refractivity contribution in [3.63, 3.8) is 0 Å². The van der Waals surface area contributed by atoms with E-state index in [-0.39, 0.29) is 51.2 Å². The van der Waals surface area contributed by atoms with E-state index in [1.807, 2.05) is 0 Å². The van der Waals surface area contributed by atoms with Gasteiger partial charge in [-0.1, -0.05) is 117 Å². The van der Waals surface area contributed by atoms with Gasteiger partial charge in [0.05, 0.1) is 23.7 Å². The van der Waals surface area contributed by atoms with Crippen LogP contribution in [-0.2, 0) is 19.2 Å². The topological polar surface area (TPSA) is 149 Å². The third-order valence-electron chi connectivity index (χ3n) is 18.0. The fraction of sp³-hybridized carbons (Fsp3) is 0.769. The molecule has 336 valence electrons. The van der Waals surface area contributed by atoms with Gasteiger partial charge in [-0.05, 0) is 153 Å². The first-order chi connectivity index (χ1) is 27.8. The lowest BCUT2D eigenvalue weighted by Gasteiger charge is -2.53. The first-order valence-electron chi connectivity index (χ1n) is 23.5. The molecule has 0 saturated heterocycles. The number of rotatable bonds is 8. The largest absolute Gasteiger partial charge is 0.481 e. The maximum Gasteiger partial charge on any atom is 0.307 e. The molecular formula is C52H80O8. The van der Waals surface area contributed by atoms with E-state index in [1.54, 1.807) is 0 Å². The van der Waals surface area contributed by atoms with E-state index in [0.29, 0.717) is 53.3 Å². The highest BCUT2D eigenvalue weighted by molar-refractivity contribution is 5.73. The molecule has 12 rings (SSSR count). The molecule has 8 nitrogen and oxygen atoms in total. The normalized spacial score (nSPS) is 41.5. The number of carboxylic acid groups (broad SMARTS) is 4. The van der Waals surface area contributed by atoms with Crippen LogP contribution in [0.1, 0.15) is 147 Å². The minimum atomic E-state index is -0.619. The van der Waals surface area contributed by atoms with E-state index in [2.05, 4.69) is 120 Å². The maximum absolute atomic E-state index is 11.4. The number of allylic oxidation sites excluding steroid dienone is 8. The molecule has 12 aliphatic carbocycles. The van der Waals surface area contributed by atoms with Crippen LogP contribution in [-0.4, -0.2) is 44.3 Å². The van der Waals surface area contributed by atoms with Gasteiger partial charge in [-0.3, -0.25) is 19.2 Å². The third kappa shape index (κ3) is 9.29. The Bertz CT molecular complexity index is 1750. The Hall–Kier alpha value is -3.16. The van der Waals surface area contributed by atoms with E-state index in [4.69, 9.17) is 0 Å². The second-order valence-corrected chi connectivity index (χ2v) is 22.7. The Morgan fingerprint density at radius 2 is 1.20 bits per heavy atom. The minimum Gasteiger partial charge on any atom is -0.481 e. The average molecular weight is 833 g/mol. The molecule has 4 saturated carbocycles. The monoisotopic (exact) mass is 833 g/mol. The van der Waals surface area contributed by atoms with Gasteiger partial charge in [0, 0.05) is 5.41 Å². The summed E-state index contributed by atoms with van der Waals surface area (Å²) in [6.07, 6.45) is 23.5.